The van der Waals surface area contributed by atoms with Crippen LogP contribution in [0.15, 0.2) is 30.3 Å². The van der Waals surface area contributed by atoms with Gasteiger partial charge in [0.25, 0.3) is 0 Å². The first-order valence-electron chi connectivity index (χ1n) is 6.63. The van der Waals surface area contributed by atoms with E-state index in [9.17, 15) is 4.79 Å². The number of hydrogen-bond acceptors (Lipinski definition) is 1. The summed E-state index contributed by atoms with van der Waals surface area (Å²) in [7, 11) is 0. The minimum Gasteiger partial charge on any atom is -0.347 e. The van der Waals surface area contributed by atoms with Crippen LogP contribution in [0.1, 0.15) is 53.0 Å². The Bertz CT molecular complexity index is 393. The molecule has 1 N–H and O–H groups in total. The van der Waals surface area contributed by atoms with E-state index in [0.29, 0.717) is 6.42 Å². The largest absolute Gasteiger partial charge is 0.347 e. The molecule has 0 unspecified atom stereocenters. The quantitative estimate of drug-likeness (QED) is 0.841. The molecule has 0 aromatic heterocycles. The molecular formula is C16H25NO. The molecule has 0 atom stereocenters. The van der Waals surface area contributed by atoms with Crippen LogP contribution in [0.4, 0.5) is 0 Å². The Morgan fingerprint density at radius 2 is 1.67 bits per heavy atom. The molecule has 0 saturated carbocycles. The summed E-state index contributed by atoms with van der Waals surface area (Å²) in [6, 6.07) is 10.1. The van der Waals surface area contributed by atoms with Crippen LogP contribution in [0.25, 0.3) is 0 Å². The average molecular weight is 247 g/mol. The van der Waals surface area contributed by atoms with Gasteiger partial charge in [-0.1, -0.05) is 57.5 Å². The second-order valence-electron chi connectivity index (χ2n) is 6.23. The number of nitrogens with one attached hydrogen (secondary N) is 1. The number of hydrogen-bond donors (Lipinski definition) is 1. The van der Waals surface area contributed by atoms with Gasteiger partial charge in [-0.2, -0.15) is 0 Å². The van der Waals surface area contributed by atoms with Crippen LogP contribution in [0.2, 0.25) is 0 Å². The van der Waals surface area contributed by atoms with Gasteiger partial charge in [-0.15, -0.1) is 0 Å². The summed E-state index contributed by atoms with van der Waals surface area (Å²) < 4.78 is 0. The number of amides is 1. The normalized spacial score (nSPS) is 12.3. The molecule has 0 spiro atoms. The Labute approximate surface area is 111 Å². The highest BCUT2D eigenvalue weighted by Crippen LogP contribution is 2.26. The topological polar surface area (TPSA) is 29.1 Å². The second-order valence-corrected chi connectivity index (χ2v) is 6.23. The zero-order valence-corrected chi connectivity index (χ0v) is 12.2. The Balaban J connectivity index is 2.70. The minimum atomic E-state index is -0.317. The van der Waals surface area contributed by atoms with Crippen molar-refractivity contribution in [3.05, 3.63) is 35.9 Å². The molecule has 0 bridgehead atoms. The third-order valence-corrected chi connectivity index (χ3v) is 3.54. The van der Waals surface area contributed by atoms with Gasteiger partial charge in [-0.05, 0) is 24.8 Å². The van der Waals surface area contributed by atoms with Crippen molar-refractivity contribution < 1.29 is 4.79 Å². The number of benzene rings is 1. The molecule has 0 radical (unpaired) electrons. The zero-order chi connectivity index (χ0) is 13.8. The van der Waals surface area contributed by atoms with Crippen molar-refractivity contribution in [1.82, 2.24) is 5.32 Å². The standard InChI is InChI=1S/C16H25NO/c1-6-15(2,3)12-14(18)17-16(4,5)13-10-8-7-9-11-13/h7-11H,6,12H2,1-5H3,(H,17,18). The van der Waals surface area contributed by atoms with E-state index >= 15 is 0 Å². The third-order valence-electron chi connectivity index (χ3n) is 3.54. The summed E-state index contributed by atoms with van der Waals surface area (Å²) in [5, 5.41) is 3.12. The Hall–Kier alpha value is -1.31. The predicted molar refractivity (Wildman–Crippen MR) is 76.3 cm³/mol. The van der Waals surface area contributed by atoms with Crippen LogP contribution >= 0.6 is 0 Å². The van der Waals surface area contributed by atoms with Crippen molar-refractivity contribution >= 4 is 5.91 Å². The molecule has 0 aliphatic carbocycles. The first kappa shape index (κ1) is 14.7. The highest BCUT2D eigenvalue weighted by atomic mass is 16.1. The lowest BCUT2D eigenvalue weighted by Crippen LogP contribution is -2.42. The number of carbonyl (C=O) groups excluding carboxylic acids is 1. The smallest absolute Gasteiger partial charge is 0.221 e. The van der Waals surface area contributed by atoms with Gasteiger partial charge in [0.15, 0.2) is 0 Å². The molecular weight excluding hydrogens is 222 g/mol. The summed E-state index contributed by atoms with van der Waals surface area (Å²) in [6.07, 6.45) is 1.58. The SMILES string of the molecule is CCC(C)(C)CC(=O)NC(C)(C)c1ccccc1. The molecule has 0 heterocycles. The van der Waals surface area contributed by atoms with E-state index in [1.807, 2.05) is 44.2 Å². The maximum Gasteiger partial charge on any atom is 0.221 e. The molecule has 0 aliphatic rings. The van der Waals surface area contributed by atoms with E-state index in [2.05, 4.69) is 26.1 Å². The van der Waals surface area contributed by atoms with Gasteiger partial charge in [0.05, 0.1) is 5.54 Å². The molecule has 1 aromatic carbocycles. The van der Waals surface area contributed by atoms with Crippen LogP contribution in [-0.2, 0) is 10.3 Å². The van der Waals surface area contributed by atoms with Gasteiger partial charge in [0.2, 0.25) is 5.91 Å². The molecule has 2 heteroatoms. The van der Waals surface area contributed by atoms with E-state index in [4.69, 9.17) is 0 Å². The fourth-order valence-corrected chi connectivity index (χ4v) is 1.88. The highest BCUT2D eigenvalue weighted by Gasteiger charge is 2.26. The van der Waals surface area contributed by atoms with Crippen molar-refractivity contribution in [2.24, 2.45) is 5.41 Å². The van der Waals surface area contributed by atoms with Crippen molar-refractivity contribution in [3.63, 3.8) is 0 Å². The first-order valence-corrected chi connectivity index (χ1v) is 6.63. The molecule has 0 saturated heterocycles. The Morgan fingerprint density at radius 1 is 1.11 bits per heavy atom. The predicted octanol–water partition coefficient (Wildman–Crippen LogP) is 3.86. The molecule has 0 fully saturated rings. The molecule has 2 nitrogen and oxygen atoms in total. The van der Waals surface area contributed by atoms with Crippen LogP contribution in [0, 0.1) is 5.41 Å². The summed E-state index contributed by atoms with van der Waals surface area (Å²) in [5.74, 6) is 0.121. The minimum absolute atomic E-state index is 0.0663. The van der Waals surface area contributed by atoms with E-state index in [1.165, 1.54) is 0 Å². The molecule has 1 rings (SSSR count). The van der Waals surface area contributed by atoms with Crippen molar-refractivity contribution in [2.75, 3.05) is 0 Å². The lowest BCUT2D eigenvalue weighted by molar-refractivity contribution is -0.124. The fourth-order valence-electron chi connectivity index (χ4n) is 1.88. The average Bonchev–Trinajstić information content (AvgIpc) is 2.28. The Kier molecular flexibility index (Phi) is 4.55. The Morgan fingerprint density at radius 3 is 2.17 bits per heavy atom. The summed E-state index contributed by atoms with van der Waals surface area (Å²) in [4.78, 5) is 12.1. The van der Waals surface area contributed by atoms with Gasteiger partial charge < -0.3 is 5.32 Å². The second kappa shape index (κ2) is 5.55. The molecule has 1 aromatic rings. The molecule has 1 amide bonds. The van der Waals surface area contributed by atoms with Gasteiger partial charge >= 0.3 is 0 Å². The summed E-state index contributed by atoms with van der Waals surface area (Å²) >= 11 is 0. The zero-order valence-electron chi connectivity index (χ0n) is 12.2. The monoisotopic (exact) mass is 247 g/mol. The van der Waals surface area contributed by atoms with Crippen molar-refractivity contribution in [3.8, 4) is 0 Å². The van der Waals surface area contributed by atoms with Crippen LogP contribution in [0.5, 0.6) is 0 Å². The van der Waals surface area contributed by atoms with Gasteiger partial charge in [-0.3, -0.25) is 4.79 Å². The van der Waals surface area contributed by atoms with Gasteiger partial charge in [-0.25, -0.2) is 0 Å². The fraction of sp³-hybridized carbons (Fsp3) is 0.562. The third kappa shape index (κ3) is 4.17. The van der Waals surface area contributed by atoms with E-state index in [0.717, 1.165) is 12.0 Å². The maximum absolute atomic E-state index is 12.1. The molecule has 18 heavy (non-hydrogen) atoms. The highest BCUT2D eigenvalue weighted by molar-refractivity contribution is 5.77. The molecule has 0 aliphatic heterocycles. The lowest BCUT2D eigenvalue weighted by atomic mass is 9.85. The summed E-state index contributed by atoms with van der Waals surface area (Å²) in [6.45, 7) is 10.5. The van der Waals surface area contributed by atoms with Crippen molar-refractivity contribution in [2.45, 2.75) is 53.0 Å². The van der Waals surface area contributed by atoms with Crippen LogP contribution in [0.3, 0.4) is 0 Å². The lowest BCUT2D eigenvalue weighted by Gasteiger charge is -2.29. The van der Waals surface area contributed by atoms with E-state index in [1.54, 1.807) is 0 Å². The number of rotatable bonds is 5. The summed E-state index contributed by atoms with van der Waals surface area (Å²) in [5.41, 5.74) is 0.881. The number of carbonyl (C=O) groups is 1. The van der Waals surface area contributed by atoms with Crippen molar-refractivity contribution in [1.29, 1.82) is 0 Å². The van der Waals surface area contributed by atoms with Crippen LogP contribution in [-0.4, -0.2) is 5.91 Å². The van der Waals surface area contributed by atoms with Gasteiger partial charge in [0.1, 0.15) is 0 Å². The molecule has 100 valence electrons. The van der Waals surface area contributed by atoms with Gasteiger partial charge in [0, 0.05) is 6.42 Å². The van der Waals surface area contributed by atoms with E-state index < -0.39 is 0 Å². The first-order chi connectivity index (χ1) is 8.27. The van der Waals surface area contributed by atoms with Crippen LogP contribution < -0.4 is 5.32 Å². The maximum atomic E-state index is 12.1. The van der Waals surface area contributed by atoms with E-state index in [-0.39, 0.29) is 16.9 Å².